The Morgan fingerprint density at radius 1 is 0.968 bits per heavy atom. The Hall–Kier alpha value is -4.13. The molecule has 0 aliphatic carbocycles. The van der Waals surface area contributed by atoms with Crippen molar-refractivity contribution in [1.82, 2.24) is 4.98 Å². The number of amides is 1. The molecule has 1 aromatic heterocycles. The predicted octanol–water partition coefficient (Wildman–Crippen LogP) is 3.73. The van der Waals surface area contributed by atoms with Gasteiger partial charge in [0.05, 0.1) is 31.5 Å². The van der Waals surface area contributed by atoms with Gasteiger partial charge in [-0.1, -0.05) is 24.3 Å². The van der Waals surface area contributed by atoms with Gasteiger partial charge in [0.25, 0.3) is 11.7 Å². The number of para-hydroxylation sites is 2. The minimum atomic E-state index is -0.856. The van der Waals surface area contributed by atoms with Gasteiger partial charge in [-0.25, -0.2) is 0 Å². The maximum absolute atomic E-state index is 13.2. The molecule has 1 fully saturated rings. The van der Waals surface area contributed by atoms with Gasteiger partial charge in [0.2, 0.25) is 0 Å². The van der Waals surface area contributed by atoms with Crippen molar-refractivity contribution in [3.63, 3.8) is 0 Å². The second kappa shape index (κ2) is 8.31. The number of benzene rings is 2. The highest BCUT2D eigenvalue weighted by atomic mass is 16.5. The normalized spacial score (nSPS) is 17.6. The van der Waals surface area contributed by atoms with Crippen molar-refractivity contribution in [2.24, 2.45) is 0 Å². The Balaban J connectivity index is 1.96. The SMILES string of the molecule is COc1cccc(/C(O)=C2/C(=O)C(=O)N(c3ccccc3OC)C2c2ccncc2)c1. The van der Waals surface area contributed by atoms with Crippen molar-refractivity contribution in [3.05, 3.63) is 89.8 Å². The fraction of sp³-hybridized carbons (Fsp3) is 0.125. The number of methoxy groups -OCH3 is 2. The van der Waals surface area contributed by atoms with E-state index < -0.39 is 17.7 Å². The topological polar surface area (TPSA) is 89.0 Å². The van der Waals surface area contributed by atoms with E-state index in [4.69, 9.17) is 9.47 Å². The summed E-state index contributed by atoms with van der Waals surface area (Å²) in [5, 5.41) is 11.1. The number of rotatable bonds is 5. The summed E-state index contributed by atoms with van der Waals surface area (Å²) in [6.45, 7) is 0. The molecule has 0 saturated carbocycles. The summed E-state index contributed by atoms with van der Waals surface area (Å²) >= 11 is 0. The first-order valence-electron chi connectivity index (χ1n) is 9.55. The first-order chi connectivity index (χ1) is 15.1. The van der Waals surface area contributed by atoms with E-state index in [0.29, 0.717) is 28.3 Å². The molecule has 1 saturated heterocycles. The molecule has 1 aliphatic rings. The largest absolute Gasteiger partial charge is 0.507 e. The zero-order valence-electron chi connectivity index (χ0n) is 17.0. The van der Waals surface area contributed by atoms with Crippen molar-refractivity contribution < 1.29 is 24.2 Å². The highest BCUT2D eigenvalue weighted by molar-refractivity contribution is 6.51. The summed E-state index contributed by atoms with van der Waals surface area (Å²) < 4.78 is 10.7. The third-order valence-electron chi connectivity index (χ3n) is 5.15. The molecule has 4 rings (SSSR count). The monoisotopic (exact) mass is 416 g/mol. The lowest BCUT2D eigenvalue weighted by atomic mass is 9.95. The van der Waals surface area contributed by atoms with E-state index in [0.717, 1.165) is 0 Å². The summed E-state index contributed by atoms with van der Waals surface area (Å²) in [5.74, 6) is -0.867. The number of hydrogen-bond acceptors (Lipinski definition) is 6. The predicted molar refractivity (Wildman–Crippen MR) is 115 cm³/mol. The van der Waals surface area contributed by atoms with Crippen LogP contribution in [0.2, 0.25) is 0 Å². The molecule has 1 amide bonds. The minimum Gasteiger partial charge on any atom is -0.507 e. The van der Waals surface area contributed by atoms with Gasteiger partial charge in [0.15, 0.2) is 0 Å². The number of Topliss-reactive ketones (excluding diaryl/α,β-unsaturated/α-hetero) is 1. The van der Waals surface area contributed by atoms with Crippen molar-refractivity contribution in [1.29, 1.82) is 0 Å². The van der Waals surface area contributed by atoms with Crippen LogP contribution in [0.5, 0.6) is 11.5 Å². The number of aliphatic hydroxyl groups is 1. The third-order valence-corrected chi connectivity index (χ3v) is 5.15. The van der Waals surface area contributed by atoms with Gasteiger partial charge in [-0.2, -0.15) is 0 Å². The summed E-state index contributed by atoms with van der Waals surface area (Å²) in [4.78, 5) is 31.7. The molecule has 0 radical (unpaired) electrons. The van der Waals surface area contributed by atoms with Crippen LogP contribution in [-0.4, -0.2) is 36.0 Å². The van der Waals surface area contributed by atoms with Crippen LogP contribution in [0.15, 0.2) is 78.6 Å². The van der Waals surface area contributed by atoms with Crippen LogP contribution in [0.25, 0.3) is 5.76 Å². The maximum atomic E-state index is 13.2. The molecule has 0 spiro atoms. The Morgan fingerprint density at radius 2 is 1.71 bits per heavy atom. The fourth-order valence-corrected chi connectivity index (χ4v) is 3.70. The highest BCUT2D eigenvalue weighted by Gasteiger charge is 2.47. The first-order valence-corrected chi connectivity index (χ1v) is 9.55. The molecule has 31 heavy (non-hydrogen) atoms. The lowest BCUT2D eigenvalue weighted by Gasteiger charge is -2.26. The molecule has 1 unspecified atom stereocenters. The van der Waals surface area contributed by atoms with E-state index in [9.17, 15) is 14.7 Å². The van der Waals surface area contributed by atoms with Gasteiger partial charge < -0.3 is 14.6 Å². The molecule has 2 heterocycles. The smallest absolute Gasteiger partial charge is 0.300 e. The van der Waals surface area contributed by atoms with Crippen LogP contribution in [0.1, 0.15) is 17.2 Å². The molecule has 7 nitrogen and oxygen atoms in total. The van der Waals surface area contributed by atoms with Crippen LogP contribution in [0, 0.1) is 0 Å². The Kier molecular flexibility index (Phi) is 5.41. The van der Waals surface area contributed by atoms with Crippen molar-refractivity contribution in [3.8, 4) is 11.5 Å². The Labute approximate surface area is 179 Å². The molecule has 3 aromatic rings. The van der Waals surface area contributed by atoms with Crippen molar-refractivity contribution >= 4 is 23.1 Å². The maximum Gasteiger partial charge on any atom is 0.300 e. The number of anilines is 1. The molecule has 156 valence electrons. The first kappa shape index (κ1) is 20.2. The van der Waals surface area contributed by atoms with E-state index in [1.807, 2.05) is 0 Å². The number of aromatic nitrogens is 1. The number of ether oxygens (including phenoxy) is 2. The minimum absolute atomic E-state index is 0.0182. The highest BCUT2D eigenvalue weighted by Crippen LogP contribution is 2.44. The number of ketones is 1. The average Bonchev–Trinajstić information content (AvgIpc) is 3.09. The molecule has 1 N–H and O–H groups in total. The number of carbonyl (C=O) groups is 2. The number of pyridine rings is 1. The average molecular weight is 416 g/mol. The van der Waals surface area contributed by atoms with Gasteiger partial charge in [-0.15, -0.1) is 0 Å². The van der Waals surface area contributed by atoms with Gasteiger partial charge >= 0.3 is 0 Å². The third kappa shape index (κ3) is 3.50. The van der Waals surface area contributed by atoms with E-state index in [1.165, 1.54) is 19.1 Å². The van der Waals surface area contributed by atoms with Crippen molar-refractivity contribution in [2.75, 3.05) is 19.1 Å². The number of carbonyl (C=O) groups excluding carboxylic acids is 2. The Morgan fingerprint density at radius 3 is 2.42 bits per heavy atom. The van der Waals surface area contributed by atoms with Crippen LogP contribution < -0.4 is 14.4 Å². The fourth-order valence-electron chi connectivity index (χ4n) is 3.70. The zero-order valence-corrected chi connectivity index (χ0v) is 17.0. The number of nitrogens with zero attached hydrogens (tertiary/aromatic N) is 2. The van der Waals surface area contributed by atoms with E-state index in [2.05, 4.69) is 4.98 Å². The summed E-state index contributed by atoms with van der Waals surface area (Å²) in [7, 11) is 3.00. The molecule has 1 aliphatic heterocycles. The van der Waals surface area contributed by atoms with Gasteiger partial charge in [0.1, 0.15) is 17.3 Å². The van der Waals surface area contributed by atoms with Crippen LogP contribution in [0.3, 0.4) is 0 Å². The van der Waals surface area contributed by atoms with E-state index in [-0.39, 0.29) is 11.3 Å². The number of aliphatic hydroxyl groups excluding tert-OH is 1. The lowest BCUT2D eigenvalue weighted by molar-refractivity contribution is -0.132. The standard InChI is InChI=1S/C24H20N2O5/c1-30-17-7-5-6-16(14-17)22(27)20-21(15-10-12-25-13-11-15)26(24(29)23(20)28)18-8-3-4-9-19(18)31-2/h3-14,21,27H,1-2H3/b22-20-. The molecule has 7 heteroatoms. The second-order valence-electron chi connectivity index (χ2n) is 6.85. The summed E-state index contributed by atoms with van der Waals surface area (Å²) in [5.41, 5.74) is 1.41. The molecule has 0 bridgehead atoms. The summed E-state index contributed by atoms with van der Waals surface area (Å²) in [6.07, 6.45) is 3.15. The quantitative estimate of drug-likeness (QED) is 0.387. The van der Waals surface area contributed by atoms with E-state index in [1.54, 1.807) is 73.1 Å². The summed E-state index contributed by atoms with van der Waals surface area (Å²) in [6, 6.07) is 16.2. The molecular weight excluding hydrogens is 396 g/mol. The van der Waals surface area contributed by atoms with Crippen molar-refractivity contribution in [2.45, 2.75) is 6.04 Å². The number of hydrogen-bond donors (Lipinski definition) is 1. The van der Waals surface area contributed by atoms with Crippen LogP contribution in [0.4, 0.5) is 5.69 Å². The molecular formula is C24H20N2O5. The zero-order chi connectivity index (χ0) is 22.0. The van der Waals surface area contributed by atoms with Gasteiger partial charge in [-0.3, -0.25) is 19.5 Å². The second-order valence-corrected chi connectivity index (χ2v) is 6.85. The lowest BCUT2D eigenvalue weighted by Crippen LogP contribution is -2.29. The van der Waals surface area contributed by atoms with Crippen LogP contribution in [-0.2, 0) is 9.59 Å². The molecule has 1 atom stereocenters. The Bertz CT molecular complexity index is 1170. The van der Waals surface area contributed by atoms with Gasteiger partial charge in [0, 0.05) is 18.0 Å². The van der Waals surface area contributed by atoms with Crippen LogP contribution >= 0.6 is 0 Å². The molecule has 2 aromatic carbocycles. The van der Waals surface area contributed by atoms with Gasteiger partial charge in [-0.05, 0) is 42.0 Å². The van der Waals surface area contributed by atoms with E-state index >= 15 is 0 Å².